The van der Waals surface area contributed by atoms with Crippen LogP contribution in [-0.4, -0.2) is 12.3 Å². The highest BCUT2D eigenvalue weighted by Gasteiger charge is 2.35. The molecule has 0 heterocycles. The fourth-order valence-electron chi connectivity index (χ4n) is 3.37. The predicted molar refractivity (Wildman–Crippen MR) is 97.5 cm³/mol. The van der Waals surface area contributed by atoms with Crippen molar-refractivity contribution in [3.05, 3.63) is 71.8 Å². The highest BCUT2D eigenvalue weighted by molar-refractivity contribution is 7.74. The van der Waals surface area contributed by atoms with Crippen LogP contribution in [0.2, 0.25) is 0 Å². The molecule has 0 aliphatic carbocycles. The Hall–Kier alpha value is -0.400. The minimum Gasteiger partial charge on any atom is -1.00 e. The summed E-state index contributed by atoms with van der Waals surface area (Å²) < 4.78 is 0. The Kier molecular flexibility index (Phi) is 9.28. The number of rotatable bonds is 8. The minimum atomic E-state index is -0.940. The largest absolute Gasteiger partial charge is 1.00 e. The fraction of sp³-hybridized carbons (Fsp3) is 0.400. The lowest BCUT2D eigenvalue weighted by Crippen LogP contribution is -3.00. The van der Waals surface area contributed by atoms with Crippen molar-refractivity contribution in [3.63, 3.8) is 0 Å². The third-order valence-corrected chi connectivity index (χ3v) is 8.98. The normalized spacial score (nSPS) is 11.0. The van der Waals surface area contributed by atoms with Gasteiger partial charge in [-0.05, 0) is 24.0 Å². The second-order valence-electron chi connectivity index (χ2n) is 6.08. The Morgan fingerprint density at radius 1 is 0.636 bits per heavy atom. The van der Waals surface area contributed by atoms with Crippen molar-refractivity contribution in [2.45, 2.75) is 39.0 Å². The summed E-state index contributed by atoms with van der Waals surface area (Å²) in [6, 6.07) is 22.2. The van der Waals surface area contributed by atoms with Gasteiger partial charge < -0.3 is 24.0 Å². The molecule has 2 rings (SSSR count). The van der Waals surface area contributed by atoms with Gasteiger partial charge in [-0.15, -0.1) is 0 Å². The molecule has 0 aliphatic heterocycles. The van der Waals surface area contributed by atoms with E-state index in [1.807, 2.05) is 0 Å². The summed E-state index contributed by atoms with van der Waals surface area (Å²) >= 11 is 0. The molecule has 0 radical (unpaired) electrons. The van der Waals surface area contributed by atoms with E-state index in [1.165, 1.54) is 48.6 Å². The Bertz CT molecular complexity index is 460. The zero-order chi connectivity index (χ0) is 15.0. The average molecular weight is 426 g/mol. The van der Waals surface area contributed by atoms with E-state index in [1.54, 1.807) is 0 Å². The molecule has 2 heteroatoms. The smallest absolute Gasteiger partial charge is 0.0846 e. The Balaban J connectivity index is 0.00000242. The van der Waals surface area contributed by atoms with Gasteiger partial charge in [-0.25, -0.2) is 0 Å². The Labute approximate surface area is 154 Å². The molecule has 2 aromatic rings. The van der Waals surface area contributed by atoms with Gasteiger partial charge in [-0.3, -0.25) is 0 Å². The maximum atomic E-state index is 2.35. The molecule has 0 fully saturated rings. The Morgan fingerprint density at radius 2 is 1.00 bits per heavy atom. The molecule has 120 valence electrons. The Morgan fingerprint density at radius 3 is 1.32 bits per heavy atom. The maximum Gasteiger partial charge on any atom is 0.0846 e. The summed E-state index contributed by atoms with van der Waals surface area (Å²) in [5, 5.41) is 0. The van der Waals surface area contributed by atoms with Crippen LogP contribution in [-0.2, 0) is 12.3 Å². The average Bonchev–Trinajstić information content (AvgIpc) is 2.50. The molecule has 2 aromatic carbocycles. The van der Waals surface area contributed by atoms with E-state index >= 15 is 0 Å². The van der Waals surface area contributed by atoms with Gasteiger partial charge >= 0.3 is 0 Å². The lowest BCUT2D eigenvalue weighted by Gasteiger charge is -2.27. The standard InChI is InChI=1S/C20H28P.HI/c1-3-15-21(16-4-2,17-19-11-7-5-8-12-19)18-20-13-9-6-10-14-20;/h5-14H,3-4,15-18H2,1-2H3;1H/q+1;/p-1. The molecular formula is C20H28IP. The van der Waals surface area contributed by atoms with Crippen LogP contribution in [0.15, 0.2) is 60.7 Å². The molecule has 0 saturated heterocycles. The topological polar surface area (TPSA) is 0 Å². The second-order valence-corrected chi connectivity index (χ2v) is 10.3. The third-order valence-electron chi connectivity index (χ3n) is 4.12. The predicted octanol–water partition coefficient (Wildman–Crippen LogP) is 3.23. The summed E-state index contributed by atoms with van der Waals surface area (Å²) in [5.41, 5.74) is 3.06. The van der Waals surface area contributed by atoms with E-state index < -0.39 is 7.26 Å². The summed E-state index contributed by atoms with van der Waals surface area (Å²) in [6.07, 6.45) is 8.09. The quantitative estimate of drug-likeness (QED) is 0.449. The first-order valence-corrected chi connectivity index (χ1v) is 10.7. The van der Waals surface area contributed by atoms with Crippen molar-refractivity contribution in [3.8, 4) is 0 Å². The van der Waals surface area contributed by atoms with E-state index in [-0.39, 0.29) is 24.0 Å². The van der Waals surface area contributed by atoms with Gasteiger partial charge in [-0.2, -0.15) is 0 Å². The second kappa shape index (κ2) is 10.4. The minimum absolute atomic E-state index is 0. The van der Waals surface area contributed by atoms with Gasteiger partial charge in [0.15, 0.2) is 0 Å². The highest BCUT2D eigenvalue weighted by Crippen LogP contribution is 2.64. The number of hydrogen-bond donors (Lipinski definition) is 0. The zero-order valence-corrected chi connectivity index (χ0v) is 16.9. The monoisotopic (exact) mass is 426 g/mol. The van der Waals surface area contributed by atoms with Crippen LogP contribution < -0.4 is 24.0 Å². The molecular weight excluding hydrogens is 398 g/mol. The molecule has 0 unspecified atom stereocenters. The molecule has 0 aliphatic rings. The SMILES string of the molecule is CCC[P+](CCC)(Cc1ccccc1)Cc1ccccc1.[I-]. The van der Waals surface area contributed by atoms with E-state index in [0.717, 1.165) is 0 Å². The van der Waals surface area contributed by atoms with Gasteiger partial charge in [0.1, 0.15) is 0 Å². The van der Waals surface area contributed by atoms with Crippen LogP contribution in [0.25, 0.3) is 0 Å². The van der Waals surface area contributed by atoms with Crippen molar-refractivity contribution in [2.75, 3.05) is 12.3 Å². The van der Waals surface area contributed by atoms with Crippen LogP contribution in [0.5, 0.6) is 0 Å². The molecule has 0 spiro atoms. The molecule has 0 N–H and O–H groups in total. The van der Waals surface area contributed by atoms with Gasteiger partial charge in [-0.1, -0.05) is 74.5 Å². The van der Waals surface area contributed by atoms with Crippen LogP contribution in [0.3, 0.4) is 0 Å². The van der Waals surface area contributed by atoms with Crippen LogP contribution >= 0.6 is 7.26 Å². The summed E-state index contributed by atoms with van der Waals surface area (Å²) in [4.78, 5) is 0. The fourth-order valence-corrected chi connectivity index (χ4v) is 8.21. The molecule has 0 atom stereocenters. The van der Waals surface area contributed by atoms with Gasteiger partial charge in [0.25, 0.3) is 0 Å². The van der Waals surface area contributed by atoms with E-state index in [0.29, 0.717) is 0 Å². The van der Waals surface area contributed by atoms with Crippen molar-refractivity contribution < 1.29 is 24.0 Å². The van der Waals surface area contributed by atoms with E-state index in [9.17, 15) is 0 Å². The van der Waals surface area contributed by atoms with Gasteiger partial charge in [0.05, 0.1) is 24.6 Å². The third kappa shape index (κ3) is 6.01. The first kappa shape index (κ1) is 19.6. The van der Waals surface area contributed by atoms with Crippen LogP contribution in [0.1, 0.15) is 37.8 Å². The molecule has 0 bridgehead atoms. The number of hydrogen-bond acceptors (Lipinski definition) is 0. The van der Waals surface area contributed by atoms with Crippen molar-refractivity contribution >= 4 is 7.26 Å². The summed E-state index contributed by atoms with van der Waals surface area (Å²) in [7, 11) is -0.940. The van der Waals surface area contributed by atoms with Crippen molar-refractivity contribution in [1.29, 1.82) is 0 Å². The lowest BCUT2D eigenvalue weighted by atomic mass is 10.2. The van der Waals surface area contributed by atoms with Gasteiger partial charge in [0.2, 0.25) is 0 Å². The molecule has 0 saturated carbocycles. The van der Waals surface area contributed by atoms with Crippen LogP contribution in [0.4, 0.5) is 0 Å². The maximum absolute atomic E-state index is 2.35. The molecule has 0 nitrogen and oxygen atoms in total. The van der Waals surface area contributed by atoms with E-state index in [4.69, 9.17) is 0 Å². The van der Waals surface area contributed by atoms with Crippen molar-refractivity contribution in [2.24, 2.45) is 0 Å². The van der Waals surface area contributed by atoms with Gasteiger partial charge in [0, 0.05) is 7.26 Å². The first-order chi connectivity index (χ1) is 10.3. The molecule has 0 amide bonds. The zero-order valence-electron chi connectivity index (χ0n) is 13.8. The first-order valence-electron chi connectivity index (χ1n) is 8.21. The van der Waals surface area contributed by atoms with Crippen LogP contribution in [0, 0.1) is 0 Å². The summed E-state index contributed by atoms with van der Waals surface area (Å²) in [5.74, 6) is 0. The lowest BCUT2D eigenvalue weighted by molar-refractivity contribution is -0.00000460. The number of halogens is 1. The molecule has 0 aromatic heterocycles. The summed E-state index contributed by atoms with van der Waals surface area (Å²) in [6.45, 7) is 4.70. The number of benzene rings is 2. The van der Waals surface area contributed by atoms with E-state index in [2.05, 4.69) is 74.5 Å². The highest BCUT2D eigenvalue weighted by atomic mass is 127. The molecule has 22 heavy (non-hydrogen) atoms. The van der Waals surface area contributed by atoms with Crippen molar-refractivity contribution in [1.82, 2.24) is 0 Å².